The highest BCUT2D eigenvalue weighted by Crippen LogP contribution is 2.47. The highest BCUT2D eigenvalue weighted by Gasteiger charge is 2.37. The minimum absolute atomic E-state index is 0.528. The van der Waals surface area contributed by atoms with E-state index in [1.165, 1.54) is 19.3 Å². The molecule has 1 aliphatic carbocycles. The predicted molar refractivity (Wildman–Crippen MR) is 59.7 cm³/mol. The van der Waals surface area contributed by atoms with Crippen molar-refractivity contribution in [3.05, 3.63) is 0 Å². The van der Waals surface area contributed by atoms with Gasteiger partial charge >= 0.3 is 0 Å². The lowest BCUT2D eigenvalue weighted by molar-refractivity contribution is 0.197. The molecule has 0 radical (unpaired) electrons. The lowest BCUT2D eigenvalue weighted by atomic mass is 9.75. The van der Waals surface area contributed by atoms with E-state index in [4.69, 9.17) is 0 Å². The van der Waals surface area contributed by atoms with Gasteiger partial charge in [-0.3, -0.25) is 0 Å². The molecule has 1 saturated carbocycles. The Morgan fingerprint density at radius 3 is 1.15 bits per heavy atom. The van der Waals surface area contributed by atoms with Crippen LogP contribution in [-0.4, -0.2) is 0 Å². The summed E-state index contributed by atoms with van der Waals surface area (Å²) < 4.78 is 0. The number of hydrogen-bond acceptors (Lipinski definition) is 0. The van der Waals surface area contributed by atoms with Gasteiger partial charge in [0.05, 0.1) is 0 Å². The SMILES string of the molecule is CC(C)(C)C1CC[C@H](C(C)(C)C)C1. The van der Waals surface area contributed by atoms with Crippen LogP contribution in [0, 0.1) is 22.7 Å². The Hall–Kier alpha value is 0. The molecule has 0 nitrogen and oxygen atoms in total. The summed E-state index contributed by atoms with van der Waals surface area (Å²) in [5.41, 5.74) is 1.06. The van der Waals surface area contributed by atoms with Crippen molar-refractivity contribution in [3.63, 3.8) is 0 Å². The Morgan fingerprint density at radius 1 is 0.692 bits per heavy atom. The van der Waals surface area contributed by atoms with Gasteiger partial charge in [-0.25, -0.2) is 0 Å². The molecule has 1 rings (SSSR count). The lowest BCUT2D eigenvalue weighted by Crippen LogP contribution is -2.21. The van der Waals surface area contributed by atoms with Crippen LogP contribution < -0.4 is 0 Å². The molecule has 0 N–H and O–H groups in total. The zero-order valence-electron chi connectivity index (χ0n) is 10.3. The van der Waals surface area contributed by atoms with Gasteiger partial charge in [0.25, 0.3) is 0 Å². The fourth-order valence-corrected chi connectivity index (χ4v) is 2.55. The first-order chi connectivity index (χ1) is 5.71. The third kappa shape index (κ3) is 2.72. The van der Waals surface area contributed by atoms with Crippen LogP contribution in [0.1, 0.15) is 60.8 Å². The van der Waals surface area contributed by atoms with E-state index in [1.54, 1.807) is 0 Å². The molecule has 2 atom stereocenters. The van der Waals surface area contributed by atoms with Crippen LogP contribution in [0.3, 0.4) is 0 Å². The highest BCUT2D eigenvalue weighted by molar-refractivity contribution is 4.88. The first kappa shape index (κ1) is 11.1. The standard InChI is InChI=1S/C13H26/c1-12(2,3)10-7-8-11(9-10)13(4,5)6/h10-11H,7-9H2,1-6H3/t10-,11?/m0/s1. The Kier molecular flexibility index (Phi) is 2.81. The van der Waals surface area contributed by atoms with Gasteiger partial charge in [-0.2, -0.15) is 0 Å². The normalized spacial score (nSPS) is 30.9. The van der Waals surface area contributed by atoms with Crippen LogP contribution in [0.4, 0.5) is 0 Å². The van der Waals surface area contributed by atoms with Crippen molar-refractivity contribution in [2.75, 3.05) is 0 Å². The smallest absolute Gasteiger partial charge is 0.0354 e. The number of hydrogen-bond donors (Lipinski definition) is 0. The molecule has 0 heteroatoms. The summed E-state index contributed by atoms with van der Waals surface area (Å²) in [6.45, 7) is 14.3. The molecule has 0 heterocycles. The molecule has 0 aromatic carbocycles. The van der Waals surface area contributed by atoms with Gasteiger partial charge in [-0.1, -0.05) is 41.5 Å². The van der Waals surface area contributed by atoms with Crippen molar-refractivity contribution >= 4 is 0 Å². The number of rotatable bonds is 0. The molecule has 1 unspecified atom stereocenters. The summed E-state index contributed by atoms with van der Waals surface area (Å²) in [5, 5.41) is 0. The molecule has 78 valence electrons. The maximum Gasteiger partial charge on any atom is -0.0354 e. The van der Waals surface area contributed by atoms with Crippen molar-refractivity contribution < 1.29 is 0 Å². The van der Waals surface area contributed by atoms with Crippen LogP contribution in [0.15, 0.2) is 0 Å². The molecular weight excluding hydrogens is 156 g/mol. The highest BCUT2D eigenvalue weighted by atomic mass is 14.4. The zero-order chi connectivity index (χ0) is 10.3. The Bertz CT molecular complexity index is 145. The maximum atomic E-state index is 2.39. The summed E-state index contributed by atoms with van der Waals surface area (Å²) >= 11 is 0. The second kappa shape index (κ2) is 3.29. The fraction of sp³-hybridized carbons (Fsp3) is 1.00. The second-order valence-corrected chi connectivity index (χ2v) is 6.94. The first-order valence-electron chi connectivity index (χ1n) is 5.71. The third-order valence-corrected chi connectivity index (χ3v) is 3.88. The molecule has 1 fully saturated rings. The Balaban J connectivity index is 2.55. The Morgan fingerprint density at radius 2 is 1.00 bits per heavy atom. The summed E-state index contributed by atoms with van der Waals surface area (Å²) in [6.07, 6.45) is 4.35. The molecule has 0 bridgehead atoms. The van der Waals surface area contributed by atoms with Crippen molar-refractivity contribution in [1.29, 1.82) is 0 Å². The molecular formula is C13H26. The third-order valence-electron chi connectivity index (χ3n) is 3.88. The average molecular weight is 182 g/mol. The molecule has 13 heavy (non-hydrogen) atoms. The minimum Gasteiger partial charge on any atom is -0.0599 e. The van der Waals surface area contributed by atoms with Crippen LogP contribution in [0.25, 0.3) is 0 Å². The van der Waals surface area contributed by atoms with E-state index in [0.29, 0.717) is 10.8 Å². The largest absolute Gasteiger partial charge is 0.0599 e. The van der Waals surface area contributed by atoms with Crippen molar-refractivity contribution in [2.24, 2.45) is 22.7 Å². The van der Waals surface area contributed by atoms with Crippen molar-refractivity contribution in [3.8, 4) is 0 Å². The van der Waals surface area contributed by atoms with Gasteiger partial charge in [0.2, 0.25) is 0 Å². The lowest BCUT2D eigenvalue weighted by Gasteiger charge is -2.30. The molecule has 0 aromatic heterocycles. The summed E-state index contributed by atoms with van der Waals surface area (Å²) in [6, 6.07) is 0. The molecule has 0 spiro atoms. The van der Waals surface area contributed by atoms with Gasteiger partial charge in [0.15, 0.2) is 0 Å². The summed E-state index contributed by atoms with van der Waals surface area (Å²) in [4.78, 5) is 0. The van der Waals surface area contributed by atoms with Gasteiger partial charge in [0.1, 0.15) is 0 Å². The van der Waals surface area contributed by atoms with E-state index < -0.39 is 0 Å². The van der Waals surface area contributed by atoms with Crippen molar-refractivity contribution in [2.45, 2.75) is 60.8 Å². The Labute approximate surface area is 84.1 Å². The fourth-order valence-electron chi connectivity index (χ4n) is 2.55. The monoisotopic (exact) mass is 182 g/mol. The first-order valence-corrected chi connectivity index (χ1v) is 5.71. The van der Waals surface area contributed by atoms with E-state index >= 15 is 0 Å². The quantitative estimate of drug-likeness (QED) is 0.517. The van der Waals surface area contributed by atoms with E-state index in [1.807, 2.05) is 0 Å². The van der Waals surface area contributed by atoms with Gasteiger partial charge in [-0.05, 0) is 41.9 Å². The van der Waals surface area contributed by atoms with E-state index in [2.05, 4.69) is 41.5 Å². The molecule has 1 aliphatic rings. The molecule has 0 aliphatic heterocycles. The molecule has 0 amide bonds. The summed E-state index contributed by atoms with van der Waals surface area (Å²) in [5.74, 6) is 1.91. The van der Waals surface area contributed by atoms with Crippen LogP contribution in [-0.2, 0) is 0 Å². The zero-order valence-corrected chi connectivity index (χ0v) is 10.3. The minimum atomic E-state index is 0.528. The van der Waals surface area contributed by atoms with Gasteiger partial charge in [-0.15, -0.1) is 0 Å². The predicted octanol–water partition coefficient (Wildman–Crippen LogP) is 4.49. The van der Waals surface area contributed by atoms with Crippen LogP contribution in [0.2, 0.25) is 0 Å². The van der Waals surface area contributed by atoms with Gasteiger partial charge < -0.3 is 0 Å². The van der Waals surface area contributed by atoms with E-state index in [-0.39, 0.29) is 0 Å². The van der Waals surface area contributed by atoms with E-state index in [9.17, 15) is 0 Å². The summed E-state index contributed by atoms with van der Waals surface area (Å²) in [7, 11) is 0. The molecule has 0 saturated heterocycles. The topological polar surface area (TPSA) is 0 Å². The maximum absolute atomic E-state index is 2.39. The van der Waals surface area contributed by atoms with Crippen LogP contribution >= 0.6 is 0 Å². The second-order valence-electron chi connectivity index (χ2n) is 6.94. The molecule has 0 aromatic rings. The van der Waals surface area contributed by atoms with Gasteiger partial charge in [0, 0.05) is 0 Å². The van der Waals surface area contributed by atoms with E-state index in [0.717, 1.165) is 11.8 Å². The van der Waals surface area contributed by atoms with Crippen molar-refractivity contribution in [1.82, 2.24) is 0 Å². The average Bonchev–Trinajstić information content (AvgIpc) is 2.28. The van der Waals surface area contributed by atoms with Crippen LogP contribution in [0.5, 0.6) is 0 Å².